The van der Waals surface area contributed by atoms with Crippen molar-refractivity contribution in [2.45, 2.75) is 52.0 Å². The summed E-state index contributed by atoms with van der Waals surface area (Å²) in [4.78, 5) is 25.1. The molecule has 0 aromatic carbocycles. The van der Waals surface area contributed by atoms with Crippen LogP contribution in [0.2, 0.25) is 0 Å². The standard InChI is InChI=1S/C15H26N2O3/c1-10(2)12-6-7-17(9-12)15(20)16-13-5-3-4-11(8-13)14(18)19/h10-13H,3-9H2,1-2H3,(H,16,20)(H,18,19). The van der Waals surface area contributed by atoms with Crippen LogP contribution in [0.5, 0.6) is 0 Å². The molecule has 2 fully saturated rings. The molecule has 0 aromatic rings. The van der Waals surface area contributed by atoms with Gasteiger partial charge in [-0.3, -0.25) is 4.79 Å². The van der Waals surface area contributed by atoms with Crippen molar-refractivity contribution in [2.75, 3.05) is 13.1 Å². The second-order valence-electron chi connectivity index (χ2n) is 6.59. The number of hydrogen-bond donors (Lipinski definition) is 2. The van der Waals surface area contributed by atoms with Gasteiger partial charge in [0.2, 0.25) is 0 Å². The van der Waals surface area contributed by atoms with Crippen LogP contribution in [-0.2, 0) is 4.79 Å². The van der Waals surface area contributed by atoms with E-state index < -0.39 is 5.97 Å². The van der Waals surface area contributed by atoms with Crippen LogP contribution in [0.25, 0.3) is 0 Å². The number of aliphatic carboxylic acids is 1. The third-order valence-electron chi connectivity index (χ3n) is 4.81. The summed E-state index contributed by atoms with van der Waals surface area (Å²) in [5.74, 6) is 0.179. The topological polar surface area (TPSA) is 69.6 Å². The Morgan fingerprint density at radius 1 is 1.25 bits per heavy atom. The summed E-state index contributed by atoms with van der Waals surface area (Å²) in [6, 6.07) is 0.0136. The summed E-state index contributed by atoms with van der Waals surface area (Å²) in [6.07, 6.45) is 4.17. The van der Waals surface area contributed by atoms with Gasteiger partial charge in [-0.2, -0.15) is 0 Å². The van der Waals surface area contributed by atoms with Gasteiger partial charge < -0.3 is 15.3 Å². The van der Waals surface area contributed by atoms with Gasteiger partial charge in [0.15, 0.2) is 0 Å². The van der Waals surface area contributed by atoms with Crippen LogP contribution < -0.4 is 5.32 Å². The van der Waals surface area contributed by atoms with Crippen molar-refractivity contribution in [2.24, 2.45) is 17.8 Å². The lowest BCUT2D eigenvalue weighted by Gasteiger charge is -2.29. The van der Waals surface area contributed by atoms with Gasteiger partial charge in [-0.15, -0.1) is 0 Å². The Morgan fingerprint density at radius 3 is 2.60 bits per heavy atom. The molecule has 1 saturated heterocycles. The molecule has 2 rings (SSSR count). The fraction of sp³-hybridized carbons (Fsp3) is 0.867. The van der Waals surface area contributed by atoms with Gasteiger partial charge in [0.05, 0.1) is 5.92 Å². The third-order valence-corrected chi connectivity index (χ3v) is 4.81. The van der Waals surface area contributed by atoms with Crippen LogP contribution in [0.1, 0.15) is 46.0 Å². The second kappa shape index (κ2) is 6.46. The van der Waals surface area contributed by atoms with Gasteiger partial charge in [0, 0.05) is 19.1 Å². The Balaban J connectivity index is 1.81. The first-order valence-electron chi connectivity index (χ1n) is 7.75. The average molecular weight is 282 g/mol. The lowest BCUT2D eigenvalue weighted by molar-refractivity contribution is -0.143. The van der Waals surface area contributed by atoms with Crippen molar-refractivity contribution in [3.63, 3.8) is 0 Å². The Bertz CT molecular complexity index is 370. The number of nitrogens with zero attached hydrogens (tertiary/aromatic N) is 1. The number of rotatable bonds is 3. The lowest BCUT2D eigenvalue weighted by Crippen LogP contribution is -2.46. The van der Waals surface area contributed by atoms with E-state index in [-0.39, 0.29) is 18.0 Å². The number of likely N-dealkylation sites (tertiary alicyclic amines) is 1. The summed E-state index contributed by atoms with van der Waals surface area (Å²) < 4.78 is 0. The van der Waals surface area contributed by atoms with Crippen molar-refractivity contribution in [1.29, 1.82) is 0 Å². The maximum absolute atomic E-state index is 12.2. The predicted octanol–water partition coefficient (Wildman–Crippen LogP) is 2.32. The predicted molar refractivity (Wildman–Crippen MR) is 76.4 cm³/mol. The summed E-state index contributed by atoms with van der Waals surface area (Å²) in [7, 11) is 0. The van der Waals surface area contributed by atoms with Crippen molar-refractivity contribution >= 4 is 12.0 Å². The van der Waals surface area contributed by atoms with Crippen molar-refractivity contribution < 1.29 is 14.7 Å². The largest absolute Gasteiger partial charge is 0.481 e. The van der Waals surface area contributed by atoms with Crippen LogP contribution in [-0.4, -0.2) is 41.1 Å². The van der Waals surface area contributed by atoms with Crippen molar-refractivity contribution in [3.05, 3.63) is 0 Å². The highest BCUT2D eigenvalue weighted by Crippen LogP contribution is 2.26. The maximum Gasteiger partial charge on any atom is 0.317 e. The number of carboxylic acids is 1. The molecule has 5 nitrogen and oxygen atoms in total. The normalized spacial score (nSPS) is 30.6. The van der Waals surface area contributed by atoms with Gasteiger partial charge in [-0.25, -0.2) is 4.79 Å². The number of carbonyl (C=O) groups is 2. The van der Waals surface area contributed by atoms with Crippen molar-refractivity contribution in [3.8, 4) is 0 Å². The zero-order chi connectivity index (χ0) is 14.7. The Labute approximate surface area is 120 Å². The van der Waals surface area contributed by atoms with Crippen LogP contribution in [0.3, 0.4) is 0 Å². The molecule has 0 radical (unpaired) electrons. The molecular weight excluding hydrogens is 256 g/mol. The minimum Gasteiger partial charge on any atom is -0.481 e. The van der Waals surface area contributed by atoms with Crippen LogP contribution >= 0.6 is 0 Å². The minimum absolute atomic E-state index is 0.0100. The highest BCUT2D eigenvalue weighted by atomic mass is 16.4. The fourth-order valence-corrected chi connectivity index (χ4v) is 3.33. The van der Waals surface area contributed by atoms with Crippen LogP contribution in [0, 0.1) is 17.8 Å². The lowest BCUT2D eigenvalue weighted by atomic mass is 9.86. The molecule has 0 bridgehead atoms. The van der Waals surface area contributed by atoms with Gasteiger partial charge in [0.1, 0.15) is 0 Å². The first-order valence-corrected chi connectivity index (χ1v) is 7.75. The first kappa shape index (κ1) is 15.1. The monoisotopic (exact) mass is 282 g/mol. The van der Waals surface area contributed by atoms with Crippen LogP contribution in [0.15, 0.2) is 0 Å². The molecular formula is C15H26N2O3. The molecule has 2 N–H and O–H groups in total. The minimum atomic E-state index is -0.731. The number of nitrogens with one attached hydrogen (secondary N) is 1. The smallest absolute Gasteiger partial charge is 0.317 e. The first-order chi connectivity index (χ1) is 9.47. The molecule has 5 heteroatoms. The molecule has 114 valence electrons. The zero-order valence-electron chi connectivity index (χ0n) is 12.5. The van der Waals surface area contributed by atoms with E-state index in [0.29, 0.717) is 18.3 Å². The van der Waals surface area contributed by atoms with E-state index >= 15 is 0 Å². The third kappa shape index (κ3) is 3.64. The van der Waals surface area contributed by atoms with E-state index in [0.717, 1.165) is 38.8 Å². The van der Waals surface area contributed by atoms with Gasteiger partial charge in [0.25, 0.3) is 0 Å². The number of urea groups is 1. The molecule has 2 amide bonds. The molecule has 2 aliphatic rings. The Morgan fingerprint density at radius 2 is 2.00 bits per heavy atom. The van der Waals surface area contributed by atoms with Gasteiger partial charge >= 0.3 is 12.0 Å². The average Bonchev–Trinajstić information content (AvgIpc) is 2.88. The summed E-state index contributed by atoms with van der Waals surface area (Å²) in [5.41, 5.74) is 0. The molecule has 1 aliphatic carbocycles. The van der Waals surface area contributed by atoms with E-state index in [9.17, 15) is 9.59 Å². The summed E-state index contributed by atoms with van der Waals surface area (Å²) >= 11 is 0. The van der Waals surface area contributed by atoms with E-state index in [1.807, 2.05) is 4.90 Å². The summed E-state index contributed by atoms with van der Waals surface area (Å²) in [6.45, 7) is 6.05. The molecule has 20 heavy (non-hydrogen) atoms. The molecule has 0 spiro atoms. The Hall–Kier alpha value is -1.26. The number of carboxylic acid groups (broad SMARTS) is 1. The summed E-state index contributed by atoms with van der Waals surface area (Å²) in [5, 5.41) is 12.1. The number of hydrogen-bond acceptors (Lipinski definition) is 2. The highest BCUT2D eigenvalue weighted by molar-refractivity contribution is 5.75. The fourth-order valence-electron chi connectivity index (χ4n) is 3.33. The van der Waals surface area contributed by atoms with Gasteiger partial charge in [-0.05, 0) is 37.5 Å². The molecule has 1 heterocycles. The van der Waals surface area contributed by atoms with Crippen LogP contribution in [0.4, 0.5) is 4.79 Å². The molecule has 3 unspecified atom stereocenters. The second-order valence-corrected chi connectivity index (χ2v) is 6.59. The van der Waals surface area contributed by atoms with E-state index in [4.69, 9.17) is 5.11 Å². The number of amides is 2. The Kier molecular flexibility index (Phi) is 4.89. The van der Waals surface area contributed by atoms with E-state index in [1.54, 1.807) is 0 Å². The number of carbonyl (C=O) groups excluding carboxylic acids is 1. The maximum atomic E-state index is 12.2. The van der Waals surface area contributed by atoms with E-state index in [1.165, 1.54) is 0 Å². The zero-order valence-corrected chi connectivity index (χ0v) is 12.5. The quantitative estimate of drug-likeness (QED) is 0.834. The van der Waals surface area contributed by atoms with E-state index in [2.05, 4.69) is 19.2 Å². The SMILES string of the molecule is CC(C)C1CCN(C(=O)NC2CCCC(C(=O)O)C2)C1. The molecule has 3 atom stereocenters. The highest BCUT2D eigenvalue weighted by Gasteiger charge is 2.31. The van der Waals surface area contributed by atoms with Gasteiger partial charge in [-0.1, -0.05) is 20.3 Å². The molecule has 1 aliphatic heterocycles. The molecule has 0 aromatic heterocycles. The van der Waals surface area contributed by atoms with Crippen molar-refractivity contribution in [1.82, 2.24) is 10.2 Å². The molecule has 1 saturated carbocycles.